The number of likely N-dealkylation sites (tertiary alicyclic amines) is 1. The maximum Gasteiger partial charge on any atom is 0.265 e. The molecule has 1 atom stereocenters. The Bertz CT molecular complexity index is 1220. The summed E-state index contributed by atoms with van der Waals surface area (Å²) in [7, 11) is 0. The Balaban J connectivity index is 1.33. The number of piperidine rings is 1. The highest BCUT2D eigenvalue weighted by Gasteiger charge is 2.34. The number of amides is 2. The second-order valence-corrected chi connectivity index (χ2v) is 9.18. The smallest absolute Gasteiger partial charge is 0.265 e. The molecule has 1 fully saturated rings. The lowest BCUT2D eigenvalue weighted by atomic mass is 10.1. The van der Waals surface area contributed by atoms with Crippen LogP contribution in [0.3, 0.4) is 0 Å². The van der Waals surface area contributed by atoms with E-state index in [9.17, 15) is 9.59 Å². The summed E-state index contributed by atoms with van der Waals surface area (Å²) in [6.07, 6.45) is 2.58. The average molecular weight is 474 g/mol. The Labute approximate surface area is 205 Å². The van der Waals surface area contributed by atoms with Gasteiger partial charge in [0, 0.05) is 13.1 Å². The van der Waals surface area contributed by atoms with Crippen molar-refractivity contribution in [3.8, 4) is 11.4 Å². The van der Waals surface area contributed by atoms with E-state index < -0.39 is 6.10 Å². The van der Waals surface area contributed by atoms with Crippen LogP contribution in [0.25, 0.3) is 5.69 Å². The first-order valence-electron chi connectivity index (χ1n) is 12.2. The van der Waals surface area contributed by atoms with Crippen LogP contribution in [-0.4, -0.2) is 58.8 Å². The predicted molar refractivity (Wildman–Crippen MR) is 135 cm³/mol. The molecule has 35 heavy (non-hydrogen) atoms. The van der Waals surface area contributed by atoms with E-state index in [1.807, 2.05) is 82.9 Å². The first-order valence-corrected chi connectivity index (χ1v) is 12.2. The van der Waals surface area contributed by atoms with Crippen LogP contribution in [0.2, 0.25) is 0 Å². The molecular weight excluding hydrogens is 442 g/mol. The minimum atomic E-state index is -0.625. The first kappa shape index (κ1) is 23.0. The van der Waals surface area contributed by atoms with Gasteiger partial charge in [-0.2, -0.15) is 5.10 Å². The standard InChI is InChI=1S/C27H31N5O3/c1-19-26(20(2)32(29-19)21-11-5-3-6-12-21)28-25(33)18-31-17-24(27(34)30-15-9-4-10-16-30)35-23-14-8-7-13-22(23)31/h3,5-8,11-14,24H,4,9-10,15-18H2,1-2H3,(H,28,33). The molecule has 2 aliphatic heterocycles. The molecule has 0 saturated carbocycles. The van der Waals surface area contributed by atoms with Gasteiger partial charge in [-0.05, 0) is 57.4 Å². The number of nitrogens with zero attached hydrogens (tertiary/aromatic N) is 4. The topological polar surface area (TPSA) is 79.7 Å². The maximum absolute atomic E-state index is 13.2. The fourth-order valence-corrected chi connectivity index (χ4v) is 4.90. The van der Waals surface area contributed by atoms with Crippen LogP contribution in [0.1, 0.15) is 30.7 Å². The molecule has 2 amide bonds. The molecule has 0 aliphatic carbocycles. The van der Waals surface area contributed by atoms with Gasteiger partial charge in [0.05, 0.1) is 41.5 Å². The average Bonchev–Trinajstić information content (AvgIpc) is 3.17. The summed E-state index contributed by atoms with van der Waals surface area (Å²) in [5.74, 6) is 0.469. The summed E-state index contributed by atoms with van der Waals surface area (Å²) in [6, 6.07) is 17.4. The van der Waals surface area contributed by atoms with Gasteiger partial charge < -0.3 is 19.9 Å². The van der Waals surface area contributed by atoms with Gasteiger partial charge >= 0.3 is 0 Å². The Morgan fingerprint density at radius 3 is 2.49 bits per heavy atom. The maximum atomic E-state index is 13.2. The molecule has 3 heterocycles. The van der Waals surface area contributed by atoms with Crippen LogP contribution in [0, 0.1) is 13.8 Å². The molecule has 5 rings (SSSR count). The Morgan fingerprint density at radius 1 is 1.00 bits per heavy atom. The number of nitrogens with one attached hydrogen (secondary N) is 1. The van der Waals surface area contributed by atoms with E-state index in [4.69, 9.17) is 4.74 Å². The van der Waals surface area contributed by atoms with Gasteiger partial charge in [0.15, 0.2) is 6.10 Å². The summed E-state index contributed by atoms with van der Waals surface area (Å²) in [6.45, 7) is 5.81. The molecule has 8 nitrogen and oxygen atoms in total. The lowest BCUT2D eigenvalue weighted by Gasteiger charge is -2.38. The number of fused-ring (bicyclic) bond motifs is 1. The number of anilines is 2. The summed E-state index contributed by atoms with van der Waals surface area (Å²) >= 11 is 0. The Morgan fingerprint density at radius 2 is 1.71 bits per heavy atom. The van der Waals surface area contributed by atoms with Crippen LogP contribution in [0.5, 0.6) is 5.75 Å². The number of carbonyl (C=O) groups excluding carboxylic acids is 2. The van der Waals surface area contributed by atoms with Crippen LogP contribution in [0.15, 0.2) is 54.6 Å². The molecular formula is C27H31N5O3. The van der Waals surface area contributed by atoms with Crippen LogP contribution in [-0.2, 0) is 9.59 Å². The van der Waals surface area contributed by atoms with Crippen LogP contribution >= 0.6 is 0 Å². The molecule has 1 N–H and O–H groups in total. The predicted octanol–water partition coefficient (Wildman–Crippen LogP) is 3.71. The Kier molecular flexibility index (Phi) is 6.44. The van der Waals surface area contributed by atoms with Crippen molar-refractivity contribution in [2.45, 2.75) is 39.2 Å². The van der Waals surface area contributed by atoms with E-state index in [-0.39, 0.29) is 18.4 Å². The van der Waals surface area contributed by atoms with Gasteiger partial charge in [0.2, 0.25) is 5.91 Å². The van der Waals surface area contributed by atoms with Crippen molar-refractivity contribution in [1.82, 2.24) is 14.7 Å². The van der Waals surface area contributed by atoms with Gasteiger partial charge in [0.25, 0.3) is 5.91 Å². The van der Waals surface area contributed by atoms with Gasteiger partial charge in [-0.3, -0.25) is 9.59 Å². The van der Waals surface area contributed by atoms with Crippen molar-refractivity contribution >= 4 is 23.2 Å². The minimum absolute atomic E-state index is 0.000405. The molecule has 0 radical (unpaired) electrons. The normalized spacial score (nSPS) is 17.5. The number of aryl methyl sites for hydroxylation is 1. The van der Waals surface area contributed by atoms with Crippen molar-refractivity contribution in [1.29, 1.82) is 0 Å². The highest BCUT2D eigenvalue weighted by atomic mass is 16.5. The number of ether oxygens (including phenoxy) is 1. The third-order valence-corrected chi connectivity index (χ3v) is 6.70. The summed E-state index contributed by atoms with van der Waals surface area (Å²) in [5, 5.41) is 7.68. The number of benzene rings is 2. The fourth-order valence-electron chi connectivity index (χ4n) is 4.90. The highest BCUT2D eigenvalue weighted by Crippen LogP contribution is 2.34. The largest absolute Gasteiger partial charge is 0.477 e. The molecule has 0 bridgehead atoms. The van der Waals surface area contributed by atoms with E-state index in [2.05, 4.69) is 10.4 Å². The number of hydrogen-bond acceptors (Lipinski definition) is 5. The first-order chi connectivity index (χ1) is 17.0. The molecule has 3 aromatic rings. The number of para-hydroxylation sites is 3. The van der Waals surface area contributed by atoms with Crippen molar-refractivity contribution in [2.24, 2.45) is 0 Å². The third-order valence-electron chi connectivity index (χ3n) is 6.70. The second-order valence-electron chi connectivity index (χ2n) is 9.18. The van der Waals surface area contributed by atoms with E-state index in [1.165, 1.54) is 0 Å². The SMILES string of the molecule is Cc1nn(-c2ccccc2)c(C)c1NC(=O)CN1CC(C(=O)N2CCCCC2)Oc2ccccc21. The monoisotopic (exact) mass is 473 g/mol. The molecule has 182 valence electrons. The molecule has 2 aromatic carbocycles. The molecule has 1 aromatic heterocycles. The summed E-state index contributed by atoms with van der Waals surface area (Å²) < 4.78 is 7.93. The molecule has 1 saturated heterocycles. The highest BCUT2D eigenvalue weighted by molar-refractivity contribution is 5.96. The molecule has 1 unspecified atom stereocenters. The van der Waals surface area contributed by atoms with E-state index in [0.717, 1.165) is 55.1 Å². The second kappa shape index (κ2) is 9.82. The third kappa shape index (κ3) is 4.73. The zero-order chi connectivity index (χ0) is 24.4. The lowest BCUT2D eigenvalue weighted by Crippen LogP contribution is -2.52. The van der Waals surface area contributed by atoms with E-state index >= 15 is 0 Å². The van der Waals surface area contributed by atoms with E-state index in [0.29, 0.717) is 18.0 Å². The van der Waals surface area contributed by atoms with Crippen LogP contribution in [0.4, 0.5) is 11.4 Å². The number of hydrogen-bond donors (Lipinski definition) is 1. The van der Waals surface area contributed by atoms with E-state index in [1.54, 1.807) is 0 Å². The molecule has 8 heteroatoms. The fraction of sp³-hybridized carbons (Fsp3) is 0.370. The van der Waals surface area contributed by atoms with Crippen molar-refractivity contribution in [3.63, 3.8) is 0 Å². The number of aromatic nitrogens is 2. The Hall–Kier alpha value is -3.81. The van der Waals surface area contributed by atoms with Gasteiger partial charge in [-0.25, -0.2) is 4.68 Å². The van der Waals surface area contributed by atoms with Crippen molar-refractivity contribution in [3.05, 3.63) is 66.0 Å². The quantitative estimate of drug-likeness (QED) is 0.611. The number of carbonyl (C=O) groups is 2. The van der Waals surface area contributed by atoms with Gasteiger partial charge in [0.1, 0.15) is 5.75 Å². The summed E-state index contributed by atoms with van der Waals surface area (Å²) in [4.78, 5) is 30.2. The number of rotatable bonds is 5. The molecule has 0 spiro atoms. The molecule has 2 aliphatic rings. The zero-order valence-electron chi connectivity index (χ0n) is 20.2. The van der Waals surface area contributed by atoms with Gasteiger partial charge in [-0.15, -0.1) is 0 Å². The zero-order valence-corrected chi connectivity index (χ0v) is 20.2. The summed E-state index contributed by atoms with van der Waals surface area (Å²) in [5.41, 5.74) is 4.08. The van der Waals surface area contributed by atoms with Crippen molar-refractivity contribution in [2.75, 3.05) is 36.4 Å². The van der Waals surface area contributed by atoms with Crippen molar-refractivity contribution < 1.29 is 14.3 Å². The van der Waals surface area contributed by atoms with Crippen LogP contribution < -0.4 is 15.0 Å². The van der Waals surface area contributed by atoms with Gasteiger partial charge in [-0.1, -0.05) is 30.3 Å². The lowest BCUT2D eigenvalue weighted by molar-refractivity contribution is -0.139. The minimum Gasteiger partial charge on any atom is -0.477 e.